The summed E-state index contributed by atoms with van der Waals surface area (Å²) >= 11 is 6.11. The van der Waals surface area contributed by atoms with Crippen LogP contribution in [0.2, 0.25) is 5.02 Å². The van der Waals surface area contributed by atoms with Crippen molar-refractivity contribution >= 4 is 17.5 Å². The van der Waals surface area contributed by atoms with Gasteiger partial charge in [0.2, 0.25) is 0 Å². The van der Waals surface area contributed by atoms with E-state index in [2.05, 4.69) is 21.0 Å². The van der Waals surface area contributed by atoms with E-state index in [1.165, 1.54) is 6.33 Å². The highest BCUT2D eigenvalue weighted by Crippen LogP contribution is 2.23. The molecule has 2 aromatic heterocycles. The quantitative estimate of drug-likeness (QED) is 0.637. The van der Waals surface area contributed by atoms with Crippen LogP contribution in [0.3, 0.4) is 0 Å². The average molecular weight is 380 g/mol. The minimum absolute atomic E-state index is 0.126. The number of aryl methyl sites for hydroxylation is 1. The van der Waals surface area contributed by atoms with E-state index in [-0.39, 0.29) is 12.5 Å². The Hall–Kier alpha value is -3.17. The highest BCUT2D eigenvalue weighted by molar-refractivity contribution is 6.31. The summed E-state index contributed by atoms with van der Waals surface area (Å²) in [5.74, 6) is 3.51. The van der Waals surface area contributed by atoms with E-state index in [0.29, 0.717) is 22.2 Å². The van der Waals surface area contributed by atoms with Gasteiger partial charge >= 0.3 is 0 Å². The lowest BCUT2D eigenvalue weighted by Crippen LogP contribution is -2.35. The smallest absolute Gasteiger partial charge is 0.255 e. The number of carbonyl (C=O) groups is 1. The van der Waals surface area contributed by atoms with Crippen molar-refractivity contribution in [2.45, 2.75) is 19.9 Å². The first-order valence-corrected chi connectivity index (χ1v) is 8.72. The Morgan fingerprint density at radius 1 is 1.33 bits per heavy atom. The standard InChI is InChI=1S/C20H18ClN5O/c1-4-9-25(20(27)16-10-14(2)11-17(21)12-16)15(3)19-23-13-24-26(19)18-7-5-6-8-22-18/h1,5-8,10-13,15H,9H2,2-3H3. The second kappa shape index (κ2) is 8.02. The van der Waals surface area contributed by atoms with E-state index in [0.717, 1.165) is 5.56 Å². The van der Waals surface area contributed by atoms with Gasteiger partial charge in [0.05, 0.1) is 12.6 Å². The SMILES string of the molecule is C#CCN(C(=O)c1cc(C)cc(Cl)c1)C(C)c1ncnn1-c1ccccn1. The van der Waals surface area contributed by atoms with Gasteiger partial charge in [0.1, 0.15) is 6.33 Å². The molecule has 0 N–H and O–H groups in total. The van der Waals surface area contributed by atoms with Crippen LogP contribution in [-0.2, 0) is 0 Å². The number of hydrogen-bond donors (Lipinski definition) is 0. The summed E-state index contributed by atoms with van der Waals surface area (Å²) in [6.07, 6.45) is 8.62. The highest BCUT2D eigenvalue weighted by atomic mass is 35.5. The fourth-order valence-electron chi connectivity index (χ4n) is 2.84. The predicted molar refractivity (Wildman–Crippen MR) is 104 cm³/mol. The van der Waals surface area contributed by atoms with Crippen LogP contribution in [0, 0.1) is 19.3 Å². The molecule has 7 heteroatoms. The number of pyridine rings is 1. The third kappa shape index (κ3) is 3.99. The second-order valence-corrected chi connectivity index (χ2v) is 6.48. The van der Waals surface area contributed by atoms with Crippen molar-refractivity contribution in [3.63, 3.8) is 0 Å². The summed E-state index contributed by atoms with van der Waals surface area (Å²) < 4.78 is 1.60. The first-order valence-electron chi connectivity index (χ1n) is 8.34. The molecule has 6 nitrogen and oxygen atoms in total. The normalized spacial score (nSPS) is 11.6. The number of benzene rings is 1. The summed E-state index contributed by atoms with van der Waals surface area (Å²) in [6, 6.07) is 10.3. The number of hydrogen-bond acceptors (Lipinski definition) is 4. The van der Waals surface area contributed by atoms with Crippen LogP contribution in [0.15, 0.2) is 48.9 Å². The maximum Gasteiger partial charge on any atom is 0.255 e. The third-order valence-electron chi connectivity index (χ3n) is 4.09. The lowest BCUT2D eigenvalue weighted by molar-refractivity contribution is 0.0710. The van der Waals surface area contributed by atoms with Crippen LogP contribution < -0.4 is 0 Å². The molecule has 0 aliphatic rings. The molecule has 0 aliphatic carbocycles. The molecule has 0 bridgehead atoms. The van der Waals surface area contributed by atoms with Gasteiger partial charge in [0.25, 0.3) is 5.91 Å². The summed E-state index contributed by atoms with van der Waals surface area (Å²) in [6.45, 7) is 3.87. The van der Waals surface area contributed by atoms with Crippen molar-refractivity contribution in [2.24, 2.45) is 0 Å². The molecule has 136 valence electrons. The topological polar surface area (TPSA) is 63.9 Å². The van der Waals surface area contributed by atoms with Crippen LogP contribution in [0.5, 0.6) is 0 Å². The van der Waals surface area contributed by atoms with E-state index in [4.69, 9.17) is 18.0 Å². The van der Waals surface area contributed by atoms with Crippen molar-refractivity contribution in [1.82, 2.24) is 24.6 Å². The summed E-state index contributed by atoms with van der Waals surface area (Å²) in [5, 5.41) is 4.75. The number of terminal acetylenes is 1. The maximum absolute atomic E-state index is 13.1. The van der Waals surface area contributed by atoms with Gasteiger partial charge in [-0.25, -0.2) is 9.97 Å². The molecule has 2 heterocycles. The van der Waals surface area contributed by atoms with Crippen LogP contribution in [0.4, 0.5) is 0 Å². The Morgan fingerprint density at radius 2 is 2.15 bits per heavy atom. The summed E-state index contributed by atoms with van der Waals surface area (Å²) in [4.78, 5) is 23.3. The molecule has 1 aromatic carbocycles. The lowest BCUT2D eigenvalue weighted by Gasteiger charge is -2.27. The molecule has 0 saturated carbocycles. The van der Waals surface area contributed by atoms with Gasteiger partial charge in [-0.05, 0) is 49.7 Å². The first kappa shape index (κ1) is 18.6. The molecular formula is C20H18ClN5O. The van der Waals surface area contributed by atoms with E-state index >= 15 is 0 Å². The summed E-state index contributed by atoms with van der Waals surface area (Å²) in [5.41, 5.74) is 1.38. The molecule has 1 unspecified atom stereocenters. The minimum Gasteiger partial charge on any atom is -0.318 e. The van der Waals surface area contributed by atoms with Gasteiger partial charge in [0, 0.05) is 16.8 Å². The van der Waals surface area contributed by atoms with Gasteiger partial charge in [-0.1, -0.05) is 23.6 Å². The molecule has 27 heavy (non-hydrogen) atoms. The first-order chi connectivity index (χ1) is 13.0. The summed E-state index contributed by atoms with van der Waals surface area (Å²) in [7, 11) is 0. The van der Waals surface area contributed by atoms with E-state index in [1.54, 1.807) is 34.0 Å². The Morgan fingerprint density at radius 3 is 2.81 bits per heavy atom. The Kier molecular flexibility index (Phi) is 5.53. The van der Waals surface area contributed by atoms with E-state index in [9.17, 15) is 4.79 Å². The van der Waals surface area contributed by atoms with Gasteiger partial charge in [-0.15, -0.1) is 6.42 Å². The minimum atomic E-state index is -0.419. The van der Waals surface area contributed by atoms with Crippen LogP contribution >= 0.6 is 11.6 Å². The van der Waals surface area contributed by atoms with Crippen molar-refractivity contribution in [3.8, 4) is 18.2 Å². The number of halogens is 1. The molecular weight excluding hydrogens is 362 g/mol. The van der Waals surface area contributed by atoms with Crippen molar-refractivity contribution in [2.75, 3.05) is 6.54 Å². The van der Waals surface area contributed by atoms with Crippen LogP contribution in [-0.4, -0.2) is 37.1 Å². The maximum atomic E-state index is 13.1. The molecule has 0 saturated heterocycles. The molecule has 3 aromatic rings. The molecule has 0 aliphatic heterocycles. The van der Waals surface area contributed by atoms with Gasteiger partial charge in [-0.3, -0.25) is 4.79 Å². The predicted octanol–water partition coefficient (Wildman–Crippen LogP) is 3.46. The molecule has 3 rings (SSSR count). The van der Waals surface area contributed by atoms with Crippen molar-refractivity contribution in [3.05, 3.63) is 70.9 Å². The fourth-order valence-corrected chi connectivity index (χ4v) is 3.13. The number of carbonyl (C=O) groups excluding carboxylic acids is 1. The van der Waals surface area contributed by atoms with Gasteiger partial charge in [0.15, 0.2) is 11.6 Å². The largest absolute Gasteiger partial charge is 0.318 e. The Balaban J connectivity index is 1.98. The average Bonchev–Trinajstić information content (AvgIpc) is 3.15. The monoisotopic (exact) mass is 379 g/mol. The number of rotatable bonds is 5. The van der Waals surface area contributed by atoms with E-state index < -0.39 is 6.04 Å². The molecule has 0 fully saturated rings. The van der Waals surface area contributed by atoms with Crippen LogP contribution in [0.1, 0.15) is 34.7 Å². The third-order valence-corrected chi connectivity index (χ3v) is 4.31. The zero-order valence-corrected chi connectivity index (χ0v) is 15.8. The fraction of sp³-hybridized carbons (Fsp3) is 0.200. The number of aromatic nitrogens is 4. The molecule has 0 spiro atoms. The Labute approximate surface area is 162 Å². The molecule has 1 atom stereocenters. The molecule has 0 radical (unpaired) electrons. The second-order valence-electron chi connectivity index (χ2n) is 6.05. The zero-order valence-electron chi connectivity index (χ0n) is 15.0. The van der Waals surface area contributed by atoms with Gasteiger partial charge in [-0.2, -0.15) is 9.78 Å². The Bertz CT molecular complexity index is 973. The van der Waals surface area contributed by atoms with E-state index in [1.807, 2.05) is 32.0 Å². The number of amides is 1. The highest BCUT2D eigenvalue weighted by Gasteiger charge is 2.26. The van der Waals surface area contributed by atoms with Crippen LogP contribution in [0.25, 0.3) is 5.82 Å². The lowest BCUT2D eigenvalue weighted by atomic mass is 10.1. The van der Waals surface area contributed by atoms with Crippen molar-refractivity contribution in [1.29, 1.82) is 0 Å². The zero-order chi connectivity index (χ0) is 19.4. The number of nitrogens with zero attached hydrogens (tertiary/aromatic N) is 5. The van der Waals surface area contributed by atoms with Crippen molar-refractivity contribution < 1.29 is 4.79 Å². The molecule has 1 amide bonds. The van der Waals surface area contributed by atoms with Gasteiger partial charge < -0.3 is 4.90 Å².